The van der Waals surface area contributed by atoms with E-state index in [2.05, 4.69) is 0 Å². The van der Waals surface area contributed by atoms with E-state index in [1.807, 2.05) is 0 Å². The van der Waals surface area contributed by atoms with Crippen molar-refractivity contribution in [3.63, 3.8) is 0 Å². The van der Waals surface area contributed by atoms with E-state index in [0.29, 0.717) is 0 Å². The van der Waals surface area contributed by atoms with Gasteiger partial charge in [-0.2, -0.15) is 5.26 Å². The molecule has 0 aliphatic rings. The van der Waals surface area contributed by atoms with Crippen LogP contribution in [0.4, 0.5) is 8.78 Å². The van der Waals surface area contributed by atoms with Gasteiger partial charge < -0.3 is 5.11 Å². The number of nitriles is 1. The van der Waals surface area contributed by atoms with Crippen molar-refractivity contribution in [2.24, 2.45) is 0 Å². The molecule has 0 heterocycles. The van der Waals surface area contributed by atoms with E-state index >= 15 is 0 Å². The maximum absolute atomic E-state index is 12.7. The zero-order valence-electron chi connectivity index (χ0n) is 6.31. The zero-order chi connectivity index (χ0) is 10.0. The van der Waals surface area contributed by atoms with Crippen LogP contribution in [0.3, 0.4) is 0 Å². The highest BCUT2D eigenvalue weighted by molar-refractivity contribution is 6.32. The van der Waals surface area contributed by atoms with E-state index in [4.69, 9.17) is 22.0 Å². The monoisotopic (exact) mass is 203 g/mol. The maximum atomic E-state index is 12.7. The summed E-state index contributed by atoms with van der Waals surface area (Å²) in [6, 6.07) is 2.44. The topological polar surface area (TPSA) is 44.0 Å². The molecule has 0 bridgehead atoms. The van der Waals surface area contributed by atoms with Crippen LogP contribution in [0.5, 0.6) is 5.75 Å². The summed E-state index contributed by atoms with van der Waals surface area (Å²) >= 11 is 5.25. The number of rotatable bonds is 1. The number of aromatic hydroxyl groups is 1. The van der Waals surface area contributed by atoms with E-state index in [9.17, 15) is 8.78 Å². The highest BCUT2D eigenvalue weighted by Gasteiger charge is 2.15. The number of benzene rings is 1. The minimum atomic E-state index is -1.30. The fourth-order valence-corrected chi connectivity index (χ4v) is 1.07. The maximum Gasteiger partial charge on any atom is 0.181 e. The van der Waals surface area contributed by atoms with Crippen LogP contribution in [0, 0.1) is 23.0 Å². The lowest BCUT2D eigenvalue weighted by Gasteiger charge is -2.03. The van der Waals surface area contributed by atoms with Crippen LogP contribution in [-0.2, 0) is 6.42 Å². The van der Waals surface area contributed by atoms with Gasteiger partial charge in [0, 0.05) is 5.56 Å². The molecule has 0 aromatic heterocycles. The van der Waals surface area contributed by atoms with Crippen molar-refractivity contribution in [3.8, 4) is 11.8 Å². The number of halogens is 3. The third-order valence-corrected chi connectivity index (χ3v) is 1.83. The average molecular weight is 204 g/mol. The van der Waals surface area contributed by atoms with Gasteiger partial charge in [0.05, 0.1) is 12.5 Å². The Hall–Kier alpha value is -1.34. The molecule has 0 aliphatic carbocycles. The number of hydrogen-bond donors (Lipinski definition) is 1. The lowest BCUT2D eigenvalue weighted by atomic mass is 10.1. The first-order chi connectivity index (χ1) is 6.07. The SMILES string of the molecule is N#CCc1cc(F)c(F)c(Cl)c1O. The van der Waals surface area contributed by atoms with Crippen molar-refractivity contribution < 1.29 is 13.9 Å². The molecule has 0 amide bonds. The quantitative estimate of drug-likeness (QED) is 0.713. The van der Waals surface area contributed by atoms with Crippen molar-refractivity contribution in [1.29, 1.82) is 5.26 Å². The fraction of sp³-hybridized carbons (Fsp3) is 0.125. The lowest BCUT2D eigenvalue weighted by Crippen LogP contribution is -1.92. The van der Waals surface area contributed by atoms with Crippen molar-refractivity contribution in [2.45, 2.75) is 6.42 Å². The zero-order valence-corrected chi connectivity index (χ0v) is 7.07. The third kappa shape index (κ3) is 1.70. The Bertz CT molecular complexity index is 387. The summed E-state index contributed by atoms with van der Waals surface area (Å²) in [6.45, 7) is 0. The van der Waals surface area contributed by atoms with Gasteiger partial charge in [-0.05, 0) is 6.07 Å². The van der Waals surface area contributed by atoms with E-state index in [-0.39, 0.29) is 12.0 Å². The molecular formula is C8H4ClF2NO. The highest BCUT2D eigenvalue weighted by Crippen LogP contribution is 2.31. The molecule has 1 aromatic carbocycles. The second kappa shape index (κ2) is 3.58. The molecule has 0 saturated carbocycles. The minimum absolute atomic E-state index is 0.0219. The summed E-state index contributed by atoms with van der Waals surface area (Å²) in [5.41, 5.74) is -0.0219. The molecule has 0 fully saturated rings. The van der Waals surface area contributed by atoms with Crippen LogP contribution in [0.25, 0.3) is 0 Å². The van der Waals surface area contributed by atoms with Gasteiger partial charge >= 0.3 is 0 Å². The molecule has 0 unspecified atom stereocenters. The van der Waals surface area contributed by atoms with Crippen molar-refractivity contribution >= 4 is 11.6 Å². The Morgan fingerprint density at radius 2 is 2.15 bits per heavy atom. The van der Waals surface area contributed by atoms with Gasteiger partial charge in [-0.1, -0.05) is 11.6 Å². The van der Waals surface area contributed by atoms with Gasteiger partial charge in [0.1, 0.15) is 10.8 Å². The van der Waals surface area contributed by atoms with Gasteiger partial charge in [0.25, 0.3) is 0 Å². The van der Waals surface area contributed by atoms with Gasteiger partial charge in [-0.3, -0.25) is 0 Å². The van der Waals surface area contributed by atoms with Crippen molar-refractivity contribution in [1.82, 2.24) is 0 Å². The van der Waals surface area contributed by atoms with Gasteiger partial charge in [-0.15, -0.1) is 0 Å². The molecule has 0 radical (unpaired) electrons. The summed E-state index contributed by atoms with van der Waals surface area (Å²) in [5.74, 6) is -3.06. The van der Waals surface area contributed by atoms with Crippen LogP contribution in [0.2, 0.25) is 5.02 Å². The molecule has 13 heavy (non-hydrogen) atoms. The van der Waals surface area contributed by atoms with Crippen molar-refractivity contribution in [2.75, 3.05) is 0 Å². The fourth-order valence-electron chi connectivity index (χ4n) is 0.854. The summed E-state index contributed by atoms with van der Waals surface area (Å²) in [6.07, 6.45) is -0.219. The molecular weight excluding hydrogens is 200 g/mol. The first-order valence-corrected chi connectivity index (χ1v) is 3.68. The first-order valence-electron chi connectivity index (χ1n) is 3.30. The predicted octanol–water partition coefficient (Wildman–Crippen LogP) is 2.39. The highest BCUT2D eigenvalue weighted by atomic mass is 35.5. The molecule has 1 aromatic rings. The minimum Gasteiger partial charge on any atom is -0.506 e. The largest absolute Gasteiger partial charge is 0.506 e. The molecule has 1 N–H and O–H groups in total. The molecule has 68 valence electrons. The van der Waals surface area contributed by atoms with E-state index in [1.54, 1.807) is 6.07 Å². The van der Waals surface area contributed by atoms with Gasteiger partial charge in [0.15, 0.2) is 11.6 Å². The second-order valence-corrected chi connectivity index (χ2v) is 2.71. The Labute approximate surface area is 78.0 Å². The van der Waals surface area contributed by atoms with E-state index < -0.39 is 22.4 Å². The summed E-state index contributed by atoms with van der Waals surface area (Å²) in [5, 5.41) is 16.7. The van der Waals surface area contributed by atoms with Crippen LogP contribution >= 0.6 is 11.6 Å². The first kappa shape index (κ1) is 9.75. The molecule has 0 spiro atoms. The predicted molar refractivity (Wildman–Crippen MR) is 42.3 cm³/mol. The number of nitrogens with zero attached hydrogens (tertiary/aromatic N) is 1. The van der Waals surface area contributed by atoms with E-state index in [1.165, 1.54) is 0 Å². The number of phenols is 1. The summed E-state index contributed by atoms with van der Waals surface area (Å²) in [7, 11) is 0. The van der Waals surface area contributed by atoms with Crippen LogP contribution < -0.4 is 0 Å². The summed E-state index contributed by atoms with van der Waals surface area (Å²) < 4.78 is 25.3. The Kier molecular flexibility index (Phi) is 2.69. The second-order valence-electron chi connectivity index (χ2n) is 2.33. The Morgan fingerprint density at radius 1 is 1.54 bits per heavy atom. The Morgan fingerprint density at radius 3 is 2.69 bits per heavy atom. The molecule has 1 rings (SSSR count). The van der Waals surface area contributed by atoms with Gasteiger partial charge in [0.2, 0.25) is 0 Å². The van der Waals surface area contributed by atoms with Crippen LogP contribution in [0.15, 0.2) is 6.07 Å². The van der Waals surface area contributed by atoms with Crippen molar-refractivity contribution in [3.05, 3.63) is 28.3 Å². The number of phenolic OH excluding ortho intramolecular Hbond substituents is 1. The molecule has 0 saturated heterocycles. The molecule has 0 atom stereocenters. The van der Waals surface area contributed by atoms with Crippen LogP contribution in [-0.4, -0.2) is 5.11 Å². The Balaban J connectivity index is 3.34. The molecule has 5 heteroatoms. The van der Waals surface area contributed by atoms with Crippen LogP contribution in [0.1, 0.15) is 5.56 Å². The molecule has 2 nitrogen and oxygen atoms in total. The normalized spacial score (nSPS) is 9.69. The average Bonchev–Trinajstić information content (AvgIpc) is 2.11. The standard InChI is InChI=1S/C8H4ClF2NO/c9-6-7(11)5(10)3-4(1-2-12)8(6)13/h3,13H,1H2. The third-order valence-electron chi connectivity index (χ3n) is 1.48. The van der Waals surface area contributed by atoms with E-state index in [0.717, 1.165) is 6.07 Å². The summed E-state index contributed by atoms with van der Waals surface area (Å²) in [4.78, 5) is 0. The smallest absolute Gasteiger partial charge is 0.181 e. The molecule has 0 aliphatic heterocycles. The number of hydrogen-bond acceptors (Lipinski definition) is 2. The lowest BCUT2D eigenvalue weighted by molar-refractivity contribution is 0.449. The van der Waals surface area contributed by atoms with Gasteiger partial charge in [-0.25, -0.2) is 8.78 Å².